The molecule has 1 aromatic carbocycles. The molecule has 1 amide bonds. The molecule has 0 saturated heterocycles. The third kappa shape index (κ3) is 4.96. The number of benzene rings is 1. The molecule has 2 unspecified atom stereocenters. The SMILES string of the molecule is COc1ccc(N(Cc2cccs2)C(=O)C(C)C(C)N)cc1.Cl. The van der Waals surface area contributed by atoms with E-state index in [4.69, 9.17) is 10.5 Å². The first-order chi connectivity index (χ1) is 10.5. The lowest BCUT2D eigenvalue weighted by atomic mass is 10.0. The Morgan fingerprint density at radius 3 is 2.39 bits per heavy atom. The minimum absolute atomic E-state index is 0. The second kappa shape index (κ2) is 8.91. The van der Waals surface area contributed by atoms with Gasteiger partial charge in [-0.1, -0.05) is 13.0 Å². The van der Waals surface area contributed by atoms with Gasteiger partial charge in [0.15, 0.2) is 0 Å². The highest BCUT2D eigenvalue weighted by Gasteiger charge is 2.25. The maximum absolute atomic E-state index is 12.8. The van der Waals surface area contributed by atoms with Crippen molar-refractivity contribution in [3.63, 3.8) is 0 Å². The zero-order valence-corrected chi connectivity index (χ0v) is 15.2. The molecule has 2 atom stereocenters. The standard InChI is InChI=1S/C17H22N2O2S.ClH/c1-12(13(2)18)17(20)19(11-16-5-4-10-22-16)14-6-8-15(21-3)9-7-14;/h4-10,12-13H,11,18H2,1-3H3;1H. The van der Waals surface area contributed by atoms with Gasteiger partial charge in [0.1, 0.15) is 5.75 Å². The monoisotopic (exact) mass is 354 g/mol. The molecule has 2 rings (SSSR count). The van der Waals surface area contributed by atoms with Crippen LogP contribution in [-0.2, 0) is 11.3 Å². The van der Waals surface area contributed by atoms with Gasteiger partial charge in [0.2, 0.25) is 5.91 Å². The van der Waals surface area contributed by atoms with Crippen molar-refractivity contribution in [2.75, 3.05) is 12.0 Å². The average Bonchev–Trinajstić information content (AvgIpc) is 3.04. The molecule has 1 aromatic heterocycles. The van der Waals surface area contributed by atoms with Crippen LogP contribution < -0.4 is 15.4 Å². The van der Waals surface area contributed by atoms with E-state index < -0.39 is 0 Å². The normalized spacial score (nSPS) is 12.9. The fourth-order valence-electron chi connectivity index (χ4n) is 2.09. The lowest BCUT2D eigenvalue weighted by Crippen LogP contribution is -2.41. The van der Waals surface area contributed by atoms with E-state index in [2.05, 4.69) is 0 Å². The molecule has 0 spiro atoms. The Balaban J connectivity index is 0.00000264. The minimum atomic E-state index is -0.234. The van der Waals surface area contributed by atoms with Gasteiger partial charge in [0.25, 0.3) is 0 Å². The Bertz CT molecular complexity index is 600. The molecular weight excluding hydrogens is 332 g/mol. The molecule has 23 heavy (non-hydrogen) atoms. The van der Waals surface area contributed by atoms with Crippen molar-refractivity contribution >= 4 is 35.3 Å². The Labute approximate surface area is 147 Å². The van der Waals surface area contributed by atoms with E-state index >= 15 is 0 Å². The molecule has 0 bridgehead atoms. The average molecular weight is 355 g/mol. The van der Waals surface area contributed by atoms with Gasteiger partial charge in [-0.3, -0.25) is 4.79 Å². The third-order valence-electron chi connectivity index (χ3n) is 3.72. The molecule has 4 nitrogen and oxygen atoms in total. The Kier molecular flexibility index (Phi) is 7.55. The number of anilines is 1. The number of rotatable bonds is 6. The lowest BCUT2D eigenvalue weighted by molar-refractivity contribution is -0.122. The van der Waals surface area contributed by atoms with E-state index in [0.29, 0.717) is 6.54 Å². The van der Waals surface area contributed by atoms with Crippen LogP contribution in [0.25, 0.3) is 0 Å². The van der Waals surface area contributed by atoms with Crippen LogP contribution in [0.1, 0.15) is 18.7 Å². The van der Waals surface area contributed by atoms with Crippen molar-refractivity contribution in [2.24, 2.45) is 11.7 Å². The van der Waals surface area contributed by atoms with Crippen LogP contribution in [0.2, 0.25) is 0 Å². The maximum Gasteiger partial charge on any atom is 0.231 e. The predicted molar refractivity (Wildman–Crippen MR) is 98.6 cm³/mol. The predicted octanol–water partition coefficient (Wildman–Crippen LogP) is 3.70. The quantitative estimate of drug-likeness (QED) is 0.860. The topological polar surface area (TPSA) is 55.6 Å². The number of carbonyl (C=O) groups excluding carboxylic acids is 1. The van der Waals surface area contributed by atoms with Crippen LogP contribution in [0.15, 0.2) is 41.8 Å². The van der Waals surface area contributed by atoms with E-state index in [1.54, 1.807) is 23.3 Å². The van der Waals surface area contributed by atoms with Crippen LogP contribution in [0.4, 0.5) is 5.69 Å². The van der Waals surface area contributed by atoms with Gasteiger partial charge in [-0.25, -0.2) is 0 Å². The number of nitrogens with two attached hydrogens (primary N) is 1. The van der Waals surface area contributed by atoms with Gasteiger partial charge < -0.3 is 15.4 Å². The maximum atomic E-state index is 12.8. The molecular formula is C17H23ClN2O2S. The fourth-order valence-corrected chi connectivity index (χ4v) is 2.78. The van der Waals surface area contributed by atoms with Gasteiger partial charge in [-0.2, -0.15) is 0 Å². The first kappa shape index (κ1) is 19.5. The summed E-state index contributed by atoms with van der Waals surface area (Å²) in [6.45, 7) is 4.29. The second-order valence-electron chi connectivity index (χ2n) is 5.35. The number of methoxy groups -OCH3 is 1. The van der Waals surface area contributed by atoms with E-state index in [-0.39, 0.29) is 30.3 Å². The molecule has 2 N–H and O–H groups in total. The van der Waals surface area contributed by atoms with Gasteiger partial charge >= 0.3 is 0 Å². The first-order valence-electron chi connectivity index (χ1n) is 7.26. The number of thiophene rings is 1. The number of nitrogens with zero attached hydrogens (tertiary/aromatic N) is 1. The number of amides is 1. The Hall–Kier alpha value is -1.56. The fraction of sp³-hybridized carbons (Fsp3) is 0.353. The first-order valence-corrected chi connectivity index (χ1v) is 8.14. The van der Waals surface area contributed by atoms with Crippen molar-refractivity contribution in [2.45, 2.75) is 26.4 Å². The molecule has 6 heteroatoms. The van der Waals surface area contributed by atoms with Gasteiger partial charge in [-0.15, -0.1) is 23.7 Å². The van der Waals surface area contributed by atoms with Crippen LogP contribution in [0.5, 0.6) is 5.75 Å². The molecule has 0 saturated carbocycles. The van der Waals surface area contributed by atoms with Crippen LogP contribution in [0, 0.1) is 5.92 Å². The molecule has 0 aliphatic rings. The van der Waals surface area contributed by atoms with Crippen molar-refractivity contribution < 1.29 is 9.53 Å². The van der Waals surface area contributed by atoms with Crippen LogP contribution >= 0.6 is 23.7 Å². The molecule has 0 aliphatic carbocycles. The number of ether oxygens (including phenoxy) is 1. The summed E-state index contributed by atoms with van der Waals surface area (Å²) in [5.41, 5.74) is 6.76. The molecule has 126 valence electrons. The number of halogens is 1. The minimum Gasteiger partial charge on any atom is -0.497 e. The van der Waals surface area contributed by atoms with Crippen molar-refractivity contribution in [1.29, 1.82) is 0 Å². The van der Waals surface area contributed by atoms with E-state index in [1.165, 1.54) is 0 Å². The molecule has 1 heterocycles. The summed E-state index contributed by atoms with van der Waals surface area (Å²) >= 11 is 1.64. The van der Waals surface area contributed by atoms with Gasteiger partial charge in [0.05, 0.1) is 19.6 Å². The summed E-state index contributed by atoms with van der Waals surface area (Å²) in [5, 5.41) is 2.01. The zero-order chi connectivity index (χ0) is 16.1. The number of hydrogen-bond donors (Lipinski definition) is 1. The Morgan fingerprint density at radius 2 is 1.91 bits per heavy atom. The summed E-state index contributed by atoms with van der Waals surface area (Å²) in [7, 11) is 1.63. The highest BCUT2D eigenvalue weighted by atomic mass is 35.5. The number of hydrogen-bond acceptors (Lipinski definition) is 4. The van der Waals surface area contributed by atoms with E-state index in [0.717, 1.165) is 16.3 Å². The van der Waals surface area contributed by atoms with Gasteiger partial charge in [0, 0.05) is 16.6 Å². The molecule has 2 aromatic rings. The highest BCUT2D eigenvalue weighted by molar-refractivity contribution is 7.09. The lowest BCUT2D eigenvalue weighted by Gasteiger charge is -2.27. The number of carbonyl (C=O) groups is 1. The Morgan fingerprint density at radius 1 is 1.26 bits per heavy atom. The summed E-state index contributed by atoms with van der Waals surface area (Å²) in [6.07, 6.45) is 0. The van der Waals surface area contributed by atoms with Gasteiger partial charge in [-0.05, 0) is 42.6 Å². The molecule has 0 fully saturated rings. The van der Waals surface area contributed by atoms with E-state index in [1.807, 2.05) is 55.6 Å². The van der Waals surface area contributed by atoms with Crippen molar-refractivity contribution in [3.05, 3.63) is 46.7 Å². The summed E-state index contributed by atoms with van der Waals surface area (Å²) in [5.74, 6) is 0.572. The van der Waals surface area contributed by atoms with Crippen LogP contribution in [0.3, 0.4) is 0 Å². The zero-order valence-electron chi connectivity index (χ0n) is 13.6. The second-order valence-corrected chi connectivity index (χ2v) is 6.38. The summed E-state index contributed by atoms with van der Waals surface area (Å²) in [4.78, 5) is 15.7. The molecule has 0 aliphatic heterocycles. The molecule has 0 radical (unpaired) electrons. The van der Waals surface area contributed by atoms with E-state index in [9.17, 15) is 4.79 Å². The van der Waals surface area contributed by atoms with Crippen molar-refractivity contribution in [1.82, 2.24) is 0 Å². The summed E-state index contributed by atoms with van der Waals surface area (Å²) in [6, 6.07) is 11.4. The highest BCUT2D eigenvalue weighted by Crippen LogP contribution is 2.24. The van der Waals surface area contributed by atoms with Crippen LogP contribution in [-0.4, -0.2) is 19.1 Å². The largest absolute Gasteiger partial charge is 0.497 e. The third-order valence-corrected chi connectivity index (χ3v) is 4.58. The van der Waals surface area contributed by atoms with Crippen molar-refractivity contribution in [3.8, 4) is 5.75 Å². The summed E-state index contributed by atoms with van der Waals surface area (Å²) < 4.78 is 5.18. The smallest absolute Gasteiger partial charge is 0.231 e.